The van der Waals surface area contributed by atoms with E-state index in [0.29, 0.717) is 13.1 Å². The lowest BCUT2D eigenvalue weighted by Gasteiger charge is -2.18. The molecule has 5 nitrogen and oxygen atoms in total. The fourth-order valence-electron chi connectivity index (χ4n) is 1.85. The minimum atomic E-state index is -0.620. The smallest absolute Gasteiger partial charge is 0.254 e. The molecule has 17 heavy (non-hydrogen) atoms. The summed E-state index contributed by atoms with van der Waals surface area (Å²) in [6, 6.07) is 1.22. The molecule has 1 aromatic rings. The van der Waals surface area contributed by atoms with Crippen LogP contribution < -0.4 is 10.6 Å². The maximum Gasteiger partial charge on any atom is 0.254 e. The lowest BCUT2D eigenvalue weighted by Crippen LogP contribution is -2.43. The van der Waals surface area contributed by atoms with Crippen molar-refractivity contribution in [2.45, 2.75) is 12.1 Å². The van der Waals surface area contributed by atoms with Gasteiger partial charge in [-0.05, 0) is 6.07 Å². The zero-order valence-electron chi connectivity index (χ0n) is 9.44. The van der Waals surface area contributed by atoms with Crippen LogP contribution in [0.3, 0.4) is 0 Å². The van der Waals surface area contributed by atoms with Crippen LogP contribution in [0.2, 0.25) is 0 Å². The van der Waals surface area contributed by atoms with Gasteiger partial charge in [0.05, 0.1) is 23.9 Å². The summed E-state index contributed by atoms with van der Waals surface area (Å²) in [5.41, 5.74) is 0.00162. The summed E-state index contributed by atoms with van der Waals surface area (Å²) in [6.45, 7) is 1.30. The second kappa shape index (κ2) is 5.20. The molecule has 2 N–H and O–H groups in total. The highest BCUT2D eigenvalue weighted by Crippen LogP contribution is 2.08. The Morgan fingerprint density at radius 3 is 3.18 bits per heavy atom. The Morgan fingerprint density at radius 1 is 1.65 bits per heavy atom. The number of amides is 1. The number of rotatable bonds is 3. The lowest BCUT2D eigenvalue weighted by atomic mass is 10.2. The van der Waals surface area contributed by atoms with Crippen molar-refractivity contribution in [1.82, 2.24) is 15.6 Å². The fraction of sp³-hybridized carbons (Fsp3) is 0.455. The molecule has 2 heterocycles. The highest BCUT2D eigenvalue weighted by atomic mass is 19.1. The van der Waals surface area contributed by atoms with Gasteiger partial charge in [-0.3, -0.25) is 9.78 Å². The van der Waals surface area contributed by atoms with Gasteiger partial charge in [0, 0.05) is 26.4 Å². The van der Waals surface area contributed by atoms with Crippen molar-refractivity contribution in [3.63, 3.8) is 0 Å². The van der Waals surface area contributed by atoms with Crippen molar-refractivity contribution >= 4 is 5.91 Å². The highest BCUT2D eigenvalue weighted by molar-refractivity contribution is 5.94. The summed E-state index contributed by atoms with van der Waals surface area (Å²) in [6.07, 6.45) is 2.33. The molecule has 92 valence electrons. The van der Waals surface area contributed by atoms with Gasteiger partial charge in [-0.1, -0.05) is 0 Å². The van der Waals surface area contributed by atoms with Crippen molar-refractivity contribution in [2.75, 3.05) is 20.2 Å². The van der Waals surface area contributed by atoms with Gasteiger partial charge in [-0.25, -0.2) is 4.39 Å². The topological polar surface area (TPSA) is 63.2 Å². The first-order valence-electron chi connectivity index (χ1n) is 5.36. The van der Waals surface area contributed by atoms with E-state index < -0.39 is 11.7 Å². The van der Waals surface area contributed by atoms with Crippen molar-refractivity contribution in [1.29, 1.82) is 0 Å². The van der Waals surface area contributed by atoms with Crippen LogP contribution in [0.5, 0.6) is 0 Å². The molecule has 1 unspecified atom stereocenters. The predicted molar refractivity (Wildman–Crippen MR) is 59.1 cm³/mol. The van der Waals surface area contributed by atoms with E-state index >= 15 is 0 Å². The Balaban J connectivity index is 2.04. The maximum absolute atomic E-state index is 13.3. The molecule has 1 amide bonds. The third-order valence-corrected chi connectivity index (χ3v) is 2.79. The Labute approximate surface area is 98.4 Å². The number of pyridine rings is 1. The van der Waals surface area contributed by atoms with Crippen LogP contribution in [-0.2, 0) is 4.74 Å². The summed E-state index contributed by atoms with van der Waals surface area (Å²) in [4.78, 5) is 15.4. The van der Waals surface area contributed by atoms with Crippen LogP contribution in [0.1, 0.15) is 10.4 Å². The molecule has 0 spiro atoms. The summed E-state index contributed by atoms with van der Waals surface area (Å²) >= 11 is 0. The molecule has 2 rings (SSSR count). The number of carbonyl (C=O) groups is 1. The molecule has 0 aromatic carbocycles. The van der Waals surface area contributed by atoms with Crippen molar-refractivity contribution < 1.29 is 13.9 Å². The van der Waals surface area contributed by atoms with Gasteiger partial charge in [0.15, 0.2) is 5.82 Å². The standard InChI is InChI=1S/C11H14FN3O2/c1-17-10-6-14-5-9(10)15-11(16)7-2-3-13-4-8(7)12/h2-4,9-10,14H,5-6H2,1H3,(H,15,16)/t9?,10-/m1/s1. The fourth-order valence-corrected chi connectivity index (χ4v) is 1.85. The van der Waals surface area contributed by atoms with Crippen LogP contribution in [0, 0.1) is 5.82 Å². The molecule has 6 heteroatoms. The predicted octanol–water partition coefficient (Wildman–Crippen LogP) is -0.0627. The number of carbonyl (C=O) groups excluding carboxylic acids is 1. The number of halogens is 1. The molecule has 1 aromatic heterocycles. The molecule has 0 radical (unpaired) electrons. The molecular weight excluding hydrogens is 225 g/mol. The number of methoxy groups -OCH3 is 1. The zero-order valence-corrected chi connectivity index (χ0v) is 9.44. The number of hydrogen-bond acceptors (Lipinski definition) is 4. The number of nitrogens with zero attached hydrogens (tertiary/aromatic N) is 1. The van der Waals surface area contributed by atoms with Crippen LogP contribution in [-0.4, -0.2) is 43.2 Å². The summed E-state index contributed by atoms with van der Waals surface area (Å²) in [7, 11) is 1.59. The van der Waals surface area contributed by atoms with E-state index in [0.717, 1.165) is 6.20 Å². The van der Waals surface area contributed by atoms with E-state index in [1.54, 1.807) is 7.11 Å². The van der Waals surface area contributed by atoms with Gasteiger partial charge in [0.2, 0.25) is 0 Å². The molecule has 1 aliphatic heterocycles. The minimum Gasteiger partial charge on any atom is -0.378 e. The van der Waals surface area contributed by atoms with E-state index in [1.165, 1.54) is 12.3 Å². The zero-order chi connectivity index (χ0) is 12.3. The normalized spacial score (nSPS) is 23.6. The Bertz CT molecular complexity index is 413. The van der Waals surface area contributed by atoms with Gasteiger partial charge in [-0.2, -0.15) is 0 Å². The van der Waals surface area contributed by atoms with Crippen molar-refractivity contribution in [2.24, 2.45) is 0 Å². The van der Waals surface area contributed by atoms with Crippen LogP contribution in [0.15, 0.2) is 18.5 Å². The van der Waals surface area contributed by atoms with Gasteiger partial charge < -0.3 is 15.4 Å². The van der Waals surface area contributed by atoms with Crippen molar-refractivity contribution in [3.05, 3.63) is 29.8 Å². The molecular formula is C11H14FN3O2. The molecule has 0 bridgehead atoms. The number of ether oxygens (including phenoxy) is 1. The number of hydrogen-bond donors (Lipinski definition) is 2. The second-order valence-electron chi connectivity index (χ2n) is 3.87. The summed E-state index contributed by atoms with van der Waals surface area (Å²) in [5, 5.41) is 5.84. The quantitative estimate of drug-likeness (QED) is 0.775. The third kappa shape index (κ3) is 2.59. The first-order chi connectivity index (χ1) is 8.22. The highest BCUT2D eigenvalue weighted by Gasteiger charge is 2.28. The molecule has 1 saturated heterocycles. The summed E-state index contributed by atoms with van der Waals surface area (Å²) < 4.78 is 18.5. The Kier molecular flexibility index (Phi) is 3.65. The van der Waals surface area contributed by atoms with Crippen LogP contribution in [0.4, 0.5) is 4.39 Å². The van der Waals surface area contributed by atoms with Crippen molar-refractivity contribution in [3.8, 4) is 0 Å². The second-order valence-corrected chi connectivity index (χ2v) is 3.87. The van der Waals surface area contributed by atoms with Gasteiger partial charge >= 0.3 is 0 Å². The molecule has 0 saturated carbocycles. The van der Waals surface area contributed by atoms with E-state index in [2.05, 4.69) is 15.6 Å². The van der Waals surface area contributed by atoms with Gasteiger partial charge in [-0.15, -0.1) is 0 Å². The minimum absolute atomic E-state index is 0.00162. The SMILES string of the molecule is CO[C@@H]1CNCC1NC(=O)c1ccncc1F. The number of nitrogens with one attached hydrogen (secondary N) is 2. The van der Waals surface area contributed by atoms with Gasteiger partial charge in [0.1, 0.15) is 0 Å². The third-order valence-electron chi connectivity index (χ3n) is 2.79. The van der Waals surface area contributed by atoms with E-state index in [1.807, 2.05) is 0 Å². The lowest BCUT2D eigenvalue weighted by molar-refractivity contribution is 0.0777. The van der Waals surface area contributed by atoms with Crippen LogP contribution >= 0.6 is 0 Å². The molecule has 1 fully saturated rings. The Hall–Kier alpha value is -1.53. The first kappa shape index (κ1) is 11.9. The summed E-state index contributed by atoms with van der Waals surface area (Å²) in [5.74, 6) is -1.06. The molecule has 1 aliphatic rings. The molecule has 2 atom stereocenters. The molecule has 0 aliphatic carbocycles. The van der Waals surface area contributed by atoms with Crippen LogP contribution in [0.25, 0.3) is 0 Å². The van der Waals surface area contributed by atoms with E-state index in [9.17, 15) is 9.18 Å². The number of aromatic nitrogens is 1. The first-order valence-corrected chi connectivity index (χ1v) is 5.36. The van der Waals surface area contributed by atoms with E-state index in [4.69, 9.17) is 4.74 Å². The Morgan fingerprint density at radius 2 is 2.47 bits per heavy atom. The largest absolute Gasteiger partial charge is 0.378 e. The maximum atomic E-state index is 13.3. The monoisotopic (exact) mass is 239 g/mol. The van der Waals surface area contributed by atoms with E-state index in [-0.39, 0.29) is 17.7 Å². The van der Waals surface area contributed by atoms with Gasteiger partial charge in [0.25, 0.3) is 5.91 Å². The average molecular weight is 239 g/mol. The average Bonchev–Trinajstić information content (AvgIpc) is 2.76.